The van der Waals surface area contributed by atoms with Gasteiger partial charge in [-0.25, -0.2) is 9.78 Å². The van der Waals surface area contributed by atoms with E-state index in [0.717, 1.165) is 31.1 Å². The average Bonchev–Trinajstić information content (AvgIpc) is 2.78. The maximum absolute atomic E-state index is 10.8. The Morgan fingerprint density at radius 2 is 2.47 bits per heavy atom. The Kier molecular flexibility index (Phi) is 3.35. The van der Waals surface area contributed by atoms with Crippen LogP contribution in [-0.4, -0.2) is 41.9 Å². The van der Waals surface area contributed by atoms with Gasteiger partial charge in [0.1, 0.15) is 0 Å². The largest absolute Gasteiger partial charge is 0.476 e. The van der Waals surface area contributed by atoms with Gasteiger partial charge in [-0.3, -0.25) is 0 Å². The molecule has 6 heteroatoms. The second-order valence-electron chi connectivity index (χ2n) is 4.50. The quantitative estimate of drug-likeness (QED) is 0.894. The van der Waals surface area contributed by atoms with E-state index in [0.29, 0.717) is 0 Å². The number of carboxylic acid groups (broad SMARTS) is 1. The Bertz CT molecular complexity index is 421. The third-order valence-electron chi connectivity index (χ3n) is 3.13. The van der Waals surface area contributed by atoms with Crippen LogP contribution in [0.2, 0.25) is 0 Å². The highest BCUT2D eigenvalue weighted by Gasteiger charge is 2.32. The van der Waals surface area contributed by atoms with Crippen LogP contribution < -0.4 is 4.90 Å². The van der Waals surface area contributed by atoms with Gasteiger partial charge in [-0.05, 0) is 19.8 Å². The zero-order chi connectivity index (χ0) is 12.5. The minimum absolute atomic E-state index is 0.120. The lowest BCUT2D eigenvalue weighted by molar-refractivity contribution is -0.00466. The highest BCUT2D eigenvalue weighted by Crippen LogP contribution is 2.29. The van der Waals surface area contributed by atoms with Crippen LogP contribution >= 0.6 is 11.3 Å². The number of methoxy groups -OCH3 is 1. The Morgan fingerprint density at radius 1 is 1.71 bits per heavy atom. The molecule has 17 heavy (non-hydrogen) atoms. The van der Waals surface area contributed by atoms with E-state index in [1.165, 1.54) is 11.3 Å². The van der Waals surface area contributed by atoms with Gasteiger partial charge in [-0.1, -0.05) is 0 Å². The highest BCUT2D eigenvalue weighted by atomic mass is 32.1. The van der Waals surface area contributed by atoms with Gasteiger partial charge in [0.05, 0.1) is 5.60 Å². The minimum atomic E-state index is -0.973. The van der Waals surface area contributed by atoms with Crippen molar-refractivity contribution in [2.45, 2.75) is 25.4 Å². The first-order valence-electron chi connectivity index (χ1n) is 5.53. The van der Waals surface area contributed by atoms with Crippen molar-refractivity contribution in [1.82, 2.24) is 4.98 Å². The van der Waals surface area contributed by atoms with Crippen molar-refractivity contribution >= 4 is 22.4 Å². The predicted molar refractivity (Wildman–Crippen MR) is 65.9 cm³/mol. The van der Waals surface area contributed by atoms with Gasteiger partial charge < -0.3 is 14.7 Å². The second-order valence-corrected chi connectivity index (χ2v) is 5.34. The van der Waals surface area contributed by atoms with Crippen molar-refractivity contribution in [1.29, 1.82) is 0 Å². The van der Waals surface area contributed by atoms with Gasteiger partial charge in [0.25, 0.3) is 0 Å². The molecule has 0 unspecified atom stereocenters. The van der Waals surface area contributed by atoms with Gasteiger partial charge in [0.2, 0.25) is 0 Å². The van der Waals surface area contributed by atoms with Crippen LogP contribution in [0.15, 0.2) is 5.38 Å². The van der Waals surface area contributed by atoms with E-state index in [1.54, 1.807) is 12.5 Å². The fourth-order valence-electron chi connectivity index (χ4n) is 2.04. The fourth-order valence-corrected chi connectivity index (χ4v) is 2.87. The zero-order valence-electron chi connectivity index (χ0n) is 9.97. The number of anilines is 1. The molecule has 94 valence electrons. The van der Waals surface area contributed by atoms with E-state index in [9.17, 15) is 4.79 Å². The SMILES string of the molecule is CO[C@]1(C)CCCN(c2nc(C(=O)O)cs2)C1. The second kappa shape index (κ2) is 4.62. The Labute approximate surface area is 104 Å². The molecular weight excluding hydrogens is 240 g/mol. The number of hydrogen-bond acceptors (Lipinski definition) is 5. The molecule has 0 aliphatic carbocycles. The molecule has 0 radical (unpaired) electrons. The number of carbonyl (C=O) groups is 1. The van der Waals surface area contributed by atoms with Crippen LogP contribution in [0.25, 0.3) is 0 Å². The Hall–Kier alpha value is -1.14. The third kappa shape index (κ3) is 2.58. The number of thiazole rings is 1. The topological polar surface area (TPSA) is 62.7 Å². The molecule has 2 heterocycles. The summed E-state index contributed by atoms with van der Waals surface area (Å²) in [5, 5.41) is 11.2. The van der Waals surface area contributed by atoms with Gasteiger partial charge in [0.15, 0.2) is 10.8 Å². The lowest BCUT2D eigenvalue weighted by Crippen LogP contribution is -2.47. The van der Waals surface area contributed by atoms with Gasteiger partial charge in [-0.2, -0.15) is 0 Å². The van der Waals surface area contributed by atoms with Crippen LogP contribution in [0.1, 0.15) is 30.3 Å². The van der Waals surface area contributed by atoms with E-state index in [1.807, 2.05) is 0 Å². The molecule has 1 aliphatic heterocycles. The summed E-state index contributed by atoms with van der Waals surface area (Å²) in [5.74, 6) is -0.973. The number of aromatic nitrogens is 1. The lowest BCUT2D eigenvalue weighted by Gasteiger charge is -2.39. The number of nitrogens with zero attached hydrogens (tertiary/aromatic N) is 2. The molecule has 0 aromatic carbocycles. The molecule has 0 bridgehead atoms. The number of carboxylic acids is 1. The van der Waals surface area contributed by atoms with E-state index in [-0.39, 0.29) is 11.3 Å². The molecule has 1 fully saturated rings. The molecule has 1 saturated heterocycles. The van der Waals surface area contributed by atoms with Crippen molar-refractivity contribution in [2.75, 3.05) is 25.1 Å². The molecule has 1 aromatic rings. The summed E-state index contributed by atoms with van der Waals surface area (Å²) in [6, 6.07) is 0. The first kappa shape index (κ1) is 12.3. The number of ether oxygens (including phenoxy) is 1. The standard InChI is InChI=1S/C11H16N2O3S/c1-11(16-2)4-3-5-13(7-11)10-12-8(6-17-10)9(14)15/h6H,3-5,7H2,1-2H3,(H,14,15)/t11-/m1/s1. The third-order valence-corrected chi connectivity index (χ3v) is 4.03. The van der Waals surface area contributed by atoms with Crippen molar-refractivity contribution < 1.29 is 14.6 Å². The minimum Gasteiger partial charge on any atom is -0.476 e. The fraction of sp³-hybridized carbons (Fsp3) is 0.636. The number of aromatic carboxylic acids is 1. The molecule has 1 atom stereocenters. The molecule has 0 amide bonds. The molecule has 0 saturated carbocycles. The monoisotopic (exact) mass is 256 g/mol. The number of rotatable bonds is 3. The molecule has 1 N–H and O–H groups in total. The van der Waals surface area contributed by atoms with E-state index in [4.69, 9.17) is 9.84 Å². The zero-order valence-corrected chi connectivity index (χ0v) is 10.8. The summed E-state index contributed by atoms with van der Waals surface area (Å²) in [5.41, 5.74) is -0.0393. The van der Waals surface area contributed by atoms with Gasteiger partial charge in [0, 0.05) is 25.6 Å². The summed E-state index contributed by atoms with van der Waals surface area (Å²) in [7, 11) is 1.72. The lowest BCUT2D eigenvalue weighted by atomic mass is 9.95. The summed E-state index contributed by atoms with van der Waals surface area (Å²) in [6.07, 6.45) is 2.06. The van der Waals surface area contributed by atoms with Crippen molar-refractivity contribution in [3.05, 3.63) is 11.1 Å². The summed E-state index contributed by atoms with van der Waals surface area (Å²) in [6.45, 7) is 3.74. The predicted octanol–water partition coefficient (Wildman–Crippen LogP) is 1.85. The molecule has 2 rings (SSSR count). The van der Waals surface area contributed by atoms with Crippen molar-refractivity contribution in [3.8, 4) is 0 Å². The first-order valence-corrected chi connectivity index (χ1v) is 6.41. The van der Waals surface area contributed by atoms with Gasteiger partial charge >= 0.3 is 5.97 Å². The molecule has 1 aromatic heterocycles. The van der Waals surface area contributed by atoms with Gasteiger partial charge in [-0.15, -0.1) is 11.3 Å². The van der Waals surface area contributed by atoms with Crippen LogP contribution in [0.3, 0.4) is 0 Å². The van der Waals surface area contributed by atoms with Crippen molar-refractivity contribution in [3.63, 3.8) is 0 Å². The maximum atomic E-state index is 10.8. The highest BCUT2D eigenvalue weighted by molar-refractivity contribution is 7.13. The van der Waals surface area contributed by atoms with Crippen LogP contribution in [-0.2, 0) is 4.74 Å². The van der Waals surface area contributed by atoms with E-state index < -0.39 is 5.97 Å². The van der Waals surface area contributed by atoms with E-state index >= 15 is 0 Å². The van der Waals surface area contributed by atoms with E-state index in [2.05, 4.69) is 16.8 Å². The molecule has 0 spiro atoms. The van der Waals surface area contributed by atoms with Crippen LogP contribution in [0, 0.1) is 0 Å². The summed E-state index contributed by atoms with van der Waals surface area (Å²) >= 11 is 1.37. The normalized spacial score (nSPS) is 24.9. The average molecular weight is 256 g/mol. The smallest absolute Gasteiger partial charge is 0.355 e. The number of piperidine rings is 1. The van der Waals surface area contributed by atoms with Crippen LogP contribution in [0.4, 0.5) is 5.13 Å². The number of hydrogen-bond donors (Lipinski definition) is 1. The summed E-state index contributed by atoms with van der Waals surface area (Å²) in [4.78, 5) is 17.0. The molecule has 5 nitrogen and oxygen atoms in total. The Morgan fingerprint density at radius 3 is 3.06 bits per heavy atom. The van der Waals surface area contributed by atoms with Crippen LogP contribution in [0.5, 0.6) is 0 Å². The Balaban J connectivity index is 2.13. The first-order chi connectivity index (χ1) is 8.04. The van der Waals surface area contributed by atoms with Crippen molar-refractivity contribution in [2.24, 2.45) is 0 Å². The molecular formula is C11H16N2O3S. The molecule has 1 aliphatic rings. The maximum Gasteiger partial charge on any atom is 0.355 e. The summed E-state index contributed by atoms with van der Waals surface area (Å²) < 4.78 is 5.50.